The lowest BCUT2D eigenvalue weighted by molar-refractivity contribution is -0.154. The van der Waals surface area contributed by atoms with Gasteiger partial charge in [0, 0.05) is 13.0 Å². The second kappa shape index (κ2) is 46.2. The number of hydrogen-bond acceptors (Lipinski definition) is 8. The Morgan fingerprint density at radius 2 is 0.902 bits per heavy atom. The van der Waals surface area contributed by atoms with Crippen molar-refractivity contribution in [3.63, 3.8) is 0 Å². The van der Waals surface area contributed by atoms with Gasteiger partial charge in [-0.15, -0.1) is 0 Å². The summed E-state index contributed by atoms with van der Waals surface area (Å²) in [5.41, 5.74) is 5.37. The third-order valence-corrected chi connectivity index (χ3v) is 11.9. The summed E-state index contributed by atoms with van der Waals surface area (Å²) >= 11 is 0. The zero-order chi connectivity index (χ0) is 44.8. The Bertz CT molecular complexity index is 1110. The standard InChI is InChI=1S/C50H94NO9P/c1-3-5-7-9-11-13-15-17-19-21-23-25-27-29-31-33-35-37-39-41-43-57-44-47(45-58-61(55,56)59-46-48(51)50(53)54)60-49(52)42-40-38-36-34-32-30-28-26-24-22-20-18-16-14-12-10-8-6-4-2/h12,14,18,20,24,26,47-48H,3-11,13,15-17,19,21-23,25,27-46,51H2,1-2H3,(H,53,54)(H,55,56)/b14-12-,20-18-,26-24-. The van der Waals surface area contributed by atoms with Gasteiger partial charge >= 0.3 is 19.8 Å². The van der Waals surface area contributed by atoms with Crippen LogP contribution < -0.4 is 5.73 Å². The molecule has 0 radical (unpaired) electrons. The number of phosphoric ester groups is 1. The lowest BCUT2D eigenvalue weighted by atomic mass is 10.0. The van der Waals surface area contributed by atoms with Crippen LogP contribution in [0.4, 0.5) is 0 Å². The van der Waals surface area contributed by atoms with E-state index in [1.54, 1.807) is 0 Å². The third kappa shape index (κ3) is 46.0. The molecule has 61 heavy (non-hydrogen) atoms. The fraction of sp³-hybridized carbons (Fsp3) is 0.840. The number of rotatable bonds is 48. The predicted octanol–water partition coefficient (Wildman–Crippen LogP) is 14.4. The van der Waals surface area contributed by atoms with Crippen molar-refractivity contribution < 1.29 is 42.7 Å². The smallest absolute Gasteiger partial charge is 0.472 e. The summed E-state index contributed by atoms with van der Waals surface area (Å²) in [4.78, 5) is 33.7. The van der Waals surface area contributed by atoms with Crippen molar-refractivity contribution >= 4 is 19.8 Å². The molecular weight excluding hydrogens is 790 g/mol. The van der Waals surface area contributed by atoms with Crippen molar-refractivity contribution in [2.45, 2.75) is 244 Å². The molecule has 0 saturated carbocycles. The molecule has 0 heterocycles. The molecular formula is C50H94NO9P. The summed E-state index contributed by atoms with van der Waals surface area (Å²) in [6.07, 6.45) is 53.4. The van der Waals surface area contributed by atoms with E-state index < -0.39 is 45.1 Å². The lowest BCUT2D eigenvalue weighted by Crippen LogP contribution is -2.34. The van der Waals surface area contributed by atoms with Crippen LogP contribution in [0.5, 0.6) is 0 Å². The van der Waals surface area contributed by atoms with Crippen LogP contribution in [0.15, 0.2) is 36.5 Å². The maximum Gasteiger partial charge on any atom is 0.472 e. The van der Waals surface area contributed by atoms with E-state index in [2.05, 4.69) is 50.3 Å². The Morgan fingerprint density at radius 1 is 0.525 bits per heavy atom. The molecule has 0 rings (SSSR count). The van der Waals surface area contributed by atoms with E-state index in [1.807, 2.05) is 0 Å². The average Bonchev–Trinajstić information content (AvgIpc) is 3.24. The van der Waals surface area contributed by atoms with Gasteiger partial charge in [-0.3, -0.25) is 18.6 Å². The lowest BCUT2D eigenvalue weighted by Gasteiger charge is -2.20. The minimum Gasteiger partial charge on any atom is -0.480 e. The number of carboxylic acids is 1. The summed E-state index contributed by atoms with van der Waals surface area (Å²) in [6.45, 7) is 3.88. The molecule has 3 atom stereocenters. The fourth-order valence-electron chi connectivity index (χ4n) is 7.02. The van der Waals surface area contributed by atoms with Crippen molar-refractivity contribution in [2.75, 3.05) is 26.4 Å². The monoisotopic (exact) mass is 884 g/mol. The molecule has 10 nitrogen and oxygen atoms in total. The molecule has 0 fully saturated rings. The molecule has 11 heteroatoms. The van der Waals surface area contributed by atoms with Crippen LogP contribution in [0.2, 0.25) is 0 Å². The maximum absolute atomic E-state index is 12.7. The van der Waals surface area contributed by atoms with Crippen LogP contribution in [0, 0.1) is 0 Å². The molecule has 358 valence electrons. The molecule has 0 aromatic rings. The topological polar surface area (TPSA) is 155 Å². The molecule has 0 aliphatic rings. The third-order valence-electron chi connectivity index (χ3n) is 10.9. The molecule has 0 aromatic heterocycles. The Balaban J connectivity index is 4.16. The number of allylic oxidation sites excluding steroid dienone is 6. The van der Waals surface area contributed by atoms with E-state index in [1.165, 1.54) is 135 Å². The molecule has 3 unspecified atom stereocenters. The van der Waals surface area contributed by atoms with Gasteiger partial charge < -0.3 is 25.2 Å². The highest BCUT2D eigenvalue weighted by Gasteiger charge is 2.27. The Labute approximate surface area is 374 Å². The van der Waals surface area contributed by atoms with Crippen molar-refractivity contribution in [1.82, 2.24) is 0 Å². The molecule has 4 N–H and O–H groups in total. The Hall–Kier alpha value is -1.81. The Morgan fingerprint density at radius 3 is 1.38 bits per heavy atom. The Kier molecular flexibility index (Phi) is 44.8. The predicted molar refractivity (Wildman–Crippen MR) is 254 cm³/mol. The molecule has 0 aliphatic heterocycles. The van der Waals surface area contributed by atoms with Gasteiger partial charge in [-0.1, -0.05) is 211 Å². The highest BCUT2D eigenvalue weighted by molar-refractivity contribution is 7.47. The van der Waals surface area contributed by atoms with Crippen LogP contribution in [0.1, 0.15) is 232 Å². The first-order valence-corrected chi connectivity index (χ1v) is 26.5. The van der Waals surface area contributed by atoms with E-state index in [0.29, 0.717) is 13.0 Å². The van der Waals surface area contributed by atoms with Gasteiger partial charge in [0.15, 0.2) is 0 Å². The summed E-state index contributed by atoms with van der Waals surface area (Å²) in [5.74, 6) is -1.78. The number of carbonyl (C=O) groups excluding carboxylic acids is 1. The number of unbranched alkanes of at least 4 members (excludes halogenated alkanes) is 28. The summed E-state index contributed by atoms with van der Waals surface area (Å²) in [6, 6.07) is -1.47. The number of aliphatic carboxylic acids is 1. The molecule has 0 amide bonds. The van der Waals surface area contributed by atoms with Gasteiger partial charge in [0.2, 0.25) is 0 Å². The van der Waals surface area contributed by atoms with E-state index >= 15 is 0 Å². The molecule has 0 bridgehead atoms. The number of ether oxygens (including phenoxy) is 2. The number of phosphoric acid groups is 1. The highest BCUT2D eigenvalue weighted by atomic mass is 31.2. The molecule has 0 saturated heterocycles. The second-order valence-corrected chi connectivity index (χ2v) is 18.4. The van der Waals surface area contributed by atoms with E-state index in [-0.39, 0.29) is 13.0 Å². The van der Waals surface area contributed by atoms with Gasteiger partial charge in [-0.05, 0) is 51.4 Å². The first-order chi connectivity index (χ1) is 29.7. The van der Waals surface area contributed by atoms with E-state index in [4.69, 9.17) is 29.4 Å². The van der Waals surface area contributed by atoms with Gasteiger partial charge in [0.25, 0.3) is 0 Å². The van der Waals surface area contributed by atoms with E-state index in [9.17, 15) is 19.0 Å². The van der Waals surface area contributed by atoms with Crippen LogP contribution in [0.3, 0.4) is 0 Å². The number of carbonyl (C=O) groups is 2. The fourth-order valence-corrected chi connectivity index (χ4v) is 7.80. The maximum atomic E-state index is 12.7. The average molecular weight is 884 g/mol. The zero-order valence-corrected chi connectivity index (χ0v) is 40.2. The van der Waals surface area contributed by atoms with Crippen LogP contribution in [0.25, 0.3) is 0 Å². The van der Waals surface area contributed by atoms with Gasteiger partial charge in [-0.2, -0.15) is 0 Å². The largest absolute Gasteiger partial charge is 0.480 e. The minimum absolute atomic E-state index is 0.0147. The van der Waals surface area contributed by atoms with Crippen molar-refractivity contribution in [3.05, 3.63) is 36.5 Å². The second-order valence-electron chi connectivity index (χ2n) is 17.0. The van der Waals surface area contributed by atoms with Crippen molar-refractivity contribution in [3.8, 4) is 0 Å². The number of carboxylic acid groups (broad SMARTS) is 1. The highest BCUT2D eigenvalue weighted by Crippen LogP contribution is 2.43. The molecule has 0 spiro atoms. The van der Waals surface area contributed by atoms with Crippen LogP contribution >= 0.6 is 7.82 Å². The number of hydrogen-bond donors (Lipinski definition) is 3. The normalized spacial score (nSPS) is 14.0. The summed E-state index contributed by atoms with van der Waals surface area (Å²) < 4.78 is 33.5. The van der Waals surface area contributed by atoms with Gasteiger partial charge in [0.1, 0.15) is 12.1 Å². The van der Waals surface area contributed by atoms with Gasteiger partial charge in [0.05, 0.1) is 19.8 Å². The zero-order valence-electron chi connectivity index (χ0n) is 39.3. The summed E-state index contributed by atoms with van der Waals surface area (Å²) in [5, 5.41) is 8.92. The quantitative estimate of drug-likeness (QED) is 0.0233. The van der Waals surface area contributed by atoms with Gasteiger partial charge in [-0.25, -0.2) is 4.57 Å². The van der Waals surface area contributed by atoms with Crippen LogP contribution in [-0.2, 0) is 32.7 Å². The van der Waals surface area contributed by atoms with Crippen molar-refractivity contribution in [1.29, 1.82) is 0 Å². The number of esters is 1. The first-order valence-electron chi connectivity index (χ1n) is 25.0. The molecule has 0 aromatic carbocycles. The molecule has 0 aliphatic carbocycles. The minimum atomic E-state index is -4.62. The SMILES string of the molecule is CCCCC/C=C\C/C=C\C/C=C\CCCCCCCCC(=O)OC(COCCCCCCCCCCCCCCCCCCCCCC)COP(=O)(O)OCC(N)C(=O)O. The summed E-state index contributed by atoms with van der Waals surface area (Å²) in [7, 11) is -4.62. The first kappa shape index (κ1) is 59.2. The van der Waals surface area contributed by atoms with E-state index in [0.717, 1.165) is 70.6 Å². The van der Waals surface area contributed by atoms with Crippen molar-refractivity contribution in [2.24, 2.45) is 5.73 Å². The number of nitrogens with two attached hydrogens (primary N) is 1. The van der Waals surface area contributed by atoms with Crippen LogP contribution in [-0.4, -0.2) is 60.5 Å².